The van der Waals surface area contributed by atoms with Gasteiger partial charge in [-0.2, -0.15) is 0 Å². The van der Waals surface area contributed by atoms with Gasteiger partial charge in [0, 0.05) is 19.6 Å². The Kier molecular flexibility index (Phi) is 7.87. The molecule has 1 aromatic rings. The van der Waals surface area contributed by atoms with Crippen molar-refractivity contribution in [3.8, 4) is 0 Å². The zero-order chi connectivity index (χ0) is 14.8. The first-order valence-electron chi connectivity index (χ1n) is 6.89. The highest BCUT2D eigenvalue weighted by molar-refractivity contribution is 5.78. The number of benzene rings is 1. The number of amides is 1. The first-order valence-corrected chi connectivity index (χ1v) is 6.89. The number of carbonyl (C=O) groups excluding carboxylic acids is 1. The summed E-state index contributed by atoms with van der Waals surface area (Å²) in [4.78, 5) is 13.8. The van der Waals surface area contributed by atoms with Crippen molar-refractivity contribution in [3.63, 3.8) is 0 Å². The summed E-state index contributed by atoms with van der Waals surface area (Å²) in [5.74, 6) is 0.0155. The number of nitrogens with zero attached hydrogens (tertiary/aromatic N) is 1. The Morgan fingerprint density at radius 2 is 1.85 bits per heavy atom. The van der Waals surface area contributed by atoms with Crippen LogP contribution in [-0.4, -0.2) is 51.2 Å². The second-order valence-corrected chi connectivity index (χ2v) is 4.96. The van der Waals surface area contributed by atoms with Crippen LogP contribution in [0.1, 0.15) is 11.1 Å². The Hall–Kier alpha value is -1.43. The molecular formula is C15H25N3O2. The molecule has 1 amide bonds. The number of hydrogen-bond acceptors (Lipinski definition) is 4. The molecule has 0 heterocycles. The number of ether oxygens (including phenoxy) is 1. The van der Waals surface area contributed by atoms with Gasteiger partial charge in [-0.15, -0.1) is 0 Å². The van der Waals surface area contributed by atoms with E-state index in [2.05, 4.69) is 10.2 Å². The van der Waals surface area contributed by atoms with Crippen LogP contribution >= 0.6 is 0 Å². The number of carbonyl (C=O) groups is 1. The van der Waals surface area contributed by atoms with E-state index >= 15 is 0 Å². The molecular weight excluding hydrogens is 254 g/mol. The third kappa shape index (κ3) is 7.23. The molecule has 0 radical (unpaired) electrons. The molecule has 20 heavy (non-hydrogen) atoms. The van der Waals surface area contributed by atoms with Gasteiger partial charge >= 0.3 is 0 Å². The second-order valence-electron chi connectivity index (χ2n) is 4.96. The summed E-state index contributed by atoms with van der Waals surface area (Å²) in [6.45, 7) is 3.19. The zero-order valence-electron chi connectivity index (χ0n) is 12.4. The normalized spacial score (nSPS) is 10.8. The lowest BCUT2D eigenvalue weighted by atomic mass is 10.1. The van der Waals surface area contributed by atoms with Crippen LogP contribution in [0, 0.1) is 0 Å². The lowest BCUT2D eigenvalue weighted by Gasteiger charge is -2.10. The Balaban J connectivity index is 2.13. The Morgan fingerprint density at radius 3 is 2.45 bits per heavy atom. The number of nitrogens with two attached hydrogens (primary N) is 1. The minimum Gasteiger partial charge on any atom is -0.378 e. The molecule has 0 fully saturated rings. The van der Waals surface area contributed by atoms with E-state index in [0.717, 1.165) is 17.7 Å². The van der Waals surface area contributed by atoms with Gasteiger partial charge in [0.1, 0.15) is 0 Å². The minimum absolute atomic E-state index is 0.0155. The second kappa shape index (κ2) is 9.47. The summed E-state index contributed by atoms with van der Waals surface area (Å²) in [6, 6.07) is 7.78. The van der Waals surface area contributed by atoms with Gasteiger partial charge in [-0.1, -0.05) is 24.3 Å². The van der Waals surface area contributed by atoms with E-state index in [1.54, 1.807) is 0 Å². The van der Waals surface area contributed by atoms with Crippen LogP contribution in [0.5, 0.6) is 0 Å². The van der Waals surface area contributed by atoms with Crippen LogP contribution in [0.4, 0.5) is 0 Å². The van der Waals surface area contributed by atoms with E-state index in [-0.39, 0.29) is 5.91 Å². The van der Waals surface area contributed by atoms with E-state index in [1.165, 1.54) is 0 Å². The summed E-state index contributed by atoms with van der Waals surface area (Å²) >= 11 is 0. The number of rotatable bonds is 9. The average Bonchev–Trinajstić information content (AvgIpc) is 2.43. The maximum absolute atomic E-state index is 11.7. The molecule has 1 rings (SSSR count). The fraction of sp³-hybridized carbons (Fsp3) is 0.533. The smallest absolute Gasteiger partial charge is 0.224 e. The van der Waals surface area contributed by atoms with Gasteiger partial charge in [0.2, 0.25) is 5.91 Å². The number of nitrogens with one attached hydrogen (secondary N) is 1. The molecule has 5 nitrogen and oxygen atoms in total. The lowest BCUT2D eigenvalue weighted by Crippen LogP contribution is -2.29. The molecule has 0 aliphatic rings. The van der Waals surface area contributed by atoms with Gasteiger partial charge < -0.3 is 20.7 Å². The summed E-state index contributed by atoms with van der Waals surface area (Å²) in [6.07, 6.45) is 0.391. The molecule has 0 atom stereocenters. The summed E-state index contributed by atoms with van der Waals surface area (Å²) in [7, 11) is 4.00. The zero-order valence-corrected chi connectivity index (χ0v) is 12.4. The van der Waals surface area contributed by atoms with E-state index in [4.69, 9.17) is 10.5 Å². The quantitative estimate of drug-likeness (QED) is 0.641. The molecule has 0 aliphatic carbocycles. The molecule has 0 bridgehead atoms. The van der Waals surface area contributed by atoms with Crippen LogP contribution in [0.15, 0.2) is 24.3 Å². The average molecular weight is 279 g/mol. The molecule has 0 aromatic heterocycles. The highest BCUT2D eigenvalue weighted by Gasteiger charge is 2.02. The van der Waals surface area contributed by atoms with E-state index in [1.807, 2.05) is 38.4 Å². The first-order chi connectivity index (χ1) is 9.61. The molecule has 0 aliphatic heterocycles. The largest absolute Gasteiger partial charge is 0.378 e. The van der Waals surface area contributed by atoms with E-state index < -0.39 is 0 Å². The third-order valence-corrected chi connectivity index (χ3v) is 2.87. The van der Waals surface area contributed by atoms with Crippen molar-refractivity contribution in [2.24, 2.45) is 5.73 Å². The molecule has 0 saturated heterocycles. The van der Waals surface area contributed by atoms with Crippen LogP contribution in [0.3, 0.4) is 0 Å². The first kappa shape index (κ1) is 16.6. The predicted molar refractivity (Wildman–Crippen MR) is 80.4 cm³/mol. The molecule has 112 valence electrons. The Morgan fingerprint density at radius 1 is 1.20 bits per heavy atom. The van der Waals surface area contributed by atoms with Gasteiger partial charge in [0.25, 0.3) is 0 Å². The monoisotopic (exact) mass is 279 g/mol. The van der Waals surface area contributed by atoms with Crippen molar-refractivity contribution in [2.75, 3.05) is 40.4 Å². The third-order valence-electron chi connectivity index (χ3n) is 2.87. The van der Waals surface area contributed by atoms with E-state index in [9.17, 15) is 4.79 Å². The van der Waals surface area contributed by atoms with Crippen LogP contribution in [0.25, 0.3) is 0 Å². The van der Waals surface area contributed by atoms with Gasteiger partial charge in [-0.25, -0.2) is 0 Å². The summed E-state index contributed by atoms with van der Waals surface area (Å²) in [5, 5.41) is 2.85. The highest BCUT2D eigenvalue weighted by atomic mass is 16.5. The molecule has 0 saturated carbocycles. The summed E-state index contributed by atoms with van der Waals surface area (Å²) in [5.41, 5.74) is 7.60. The SMILES string of the molecule is CN(C)CCOCCNC(=O)Cc1ccc(CN)cc1. The standard InChI is InChI=1S/C15H25N3O2/c1-18(2)8-10-20-9-7-17-15(19)11-13-3-5-14(12-16)6-4-13/h3-6H,7-12,16H2,1-2H3,(H,17,19). The van der Waals surface area contributed by atoms with Crippen molar-refractivity contribution in [1.82, 2.24) is 10.2 Å². The highest BCUT2D eigenvalue weighted by Crippen LogP contribution is 2.04. The van der Waals surface area contributed by atoms with Gasteiger partial charge in [0.15, 0.2) is 0 Å². The van der Waals surface area contributed by atoms with Gasteiger partial charge in [0.05, 0.1) is 19.6 Å². The van der Waals surface area contributed by atoms with Crippen LogP contribution in [-0.2, 0) is 22.5 Å². The van der Waals surface area contributed by atoms with E-state index in [0.29, 0.717) is 32.7 Å². The molecule has 1 aromatic carbocycles. The van der Waals surface area contributed by atoms with Crippen molar-refractivity contribution in [2.45, 2.75) is 13.0 Å². The molecule has 0 unspecified atom stereocenters. The Labute approximate surface area is 121 Å². The van der Waals surface area contributed by atoms with Gasteiger partial charge in [-0.3, -0.25) is 4.79 Å². The number of hydrogen-bond donors (Lipinski definition) is 2. The lowest BCUT2D eigenvalue weighted by molar-refractivity contribution is -0.120. The topological polar surface area (TPSA) is 67.6 Å². The maximum Gasteiger partial charge on any atom is 0.224 e. The summed E-state index contributed by atoms with van der Waals surface area (Å²) < 4.78 is 5.41. The molecule has 5 heteroatoms. The predicted octanol–water partition coefficient (Wildman–Crippen LogP) is 0.382. The van der Waals surface area contributed by atoms with Crippen LogP contribution in [0.2, 0.25) is 0 Å². The maximum atomic E-state index is 11.7. The fourth-order valence-electron chi connectivity index (χ4n) is 1.65. The fourth-order valence-corrected chi connectivity index (χ4v) is 1.65. The van der Waals surface area contributed by atoms with Crippen molar-refractivity contribution < 1.29 is 9.53 Å². The minimum atomic E-state index is 0.0155. The molecule has 0 spiro atoms. The van der Waals surface area contributed by atoms with Crippen LogP contribution < -0.4 is 11.1 Å². The number of likely N-dealkylation sites (N-methyl/N-ethyl adjacent to an activating group) is 1. The van der Waals surface area contributed by atoms with Gasteiger partial charge in [-0.05, 0) is 25.2 Å². The Bertz CT molecular complexity index is 391. The van der Waals surface area contributed by atoms with Crippen molar-refractivity contribution >= 4 is 5.91 Å². The van der Waals surface area contributed by atoms with Crippen molar-refractivity contribution in [1.29, 1.82) is 0 Å². The molecule has 3 N–H and O–H groups in total. The van der Waals surface area contributed by atoms with Crippen molar-refractivity contribution in [3.05, 3.63) is 35.4 Å².